The third kappa shape index (κ3) is 4.17. The number of hydrogen-bond acceptors (Lipinski definition) is 3. The Bertz CT molecular complexity index is 568. The predicted octanol–water partition coefficient (Wildman–Crippen LogP) is 3.69. The molecule has 3 rings (SSSR count). The van der Waals surface area contributed by atoms with E-state index in [0.717, 1.165) is 32.5 Å². The molecule has 0 aliphatic carbocycles. The van der Waals surface area contributed by atoms with Gasteiger partial charge in [-0.25, -0.2) is 4.42 Å². The Morgan fingerprint density at radius 3 is 2.08 bits per heavy atom. The molecule has 0 amide bonds. The third-order valence-electron chi connectivity index (χ3n) is 4.74. The molecule has 0 spiro atoms. The van der Waals surface area contributed by atoms with Gasteiger partial charge in [0.05, 0.1) is 6.04 Å². The van der Waals surface area contributed by atoms with Gasteiger partial charge in [0.15, 0.2) is 0 Å². The molecule has 0 aromatic heterocycles. The Balaban J connectivity index is 1.94. The largest absolute Gasteiger partial charge is 0.396 e. The van der Waals surface area contributed by atoms with Crippen molar-refractivity contribution in [3.05, 3.63) is 71.8 Å². The molecule has 1 atom stereocenters. The van der Waals surface area contributed by atoms with Crippen LogP contribution in [-0.4, -0.2) is 46.7 Å². The Morgan fingerprint density at radius 1 is 0.958 bits per heavy atom. The Labute approximate surface area is 149 Å². The molecule has 1 saturated heterocycles. The molecule has 1 heterocycles. The second kappa shape index (κ2) is 8.63. The number of hydrogen-bond donors (Lipinski definition) is 1. The average molecular weight is 345 g/mol. The van der Waals surface area contributed by atoms with Crippen LogP contribution in [0.1, 0.15) is 30.0 Å². The number of aliphatic hydroxyl groups is 1. The second-order valence-electron chi connectivity index (χ2n) is 6.35. The molecule has 0 saturated carbocycles. The number of rotatable bonds is 6. The fourth-order valence-corrected chi connectivity index (χ4v) is 3.84. The van der Waals surface area contributed by atoms with Gasteiger partial charge in [0, 0.05) is 32.3 Å². The van der Waals surface area contributed by atoms with Crippen molar-refractivity contribution in [2.24, 2.45) is 0 Å². The van der Waals surface area contributed by atoms with Crippen molar-refractivity contribution >= 4 is 11.8 Å². The molecule has 1 aliphatic rings. The van der Waals surface area contributed by atoms with Gasteiger partial charge in [-0.05, 0) is 35.7 Å². The highest BCUT2D eigenvalue weighted by molar-refractivity contribution is 6.13. The Kier molecular flexibility index (Phi) is 6.27. The zero-order valence-electron chi connectivity index (χ0n) is 13.9. The molecule has 0 bridgehead atoms. The molecule has 1 unspecified atom stereocenters. The summed E-state index contributed by atoms with van der Waals surface area (Å²) in [4.78, 5) is 2.55. The maximum Gasteiger partial charge on any atom is 0.0605 e. The van der Waals surface area contributed by atoms with Crippen LogP contribution in [0.5, 0.6) is 0 Å². The van der Waals surface area contributed by atoms with E-state index in [0.29, 0.717) is 6.04 Å². The molecular formula is C20H25ClN2O. The maximum atomic E-state index is 9.26. The molecule has 2 aromatic rings. The van der Waals surface area contributed by atoms with Crippen LogP contribution in [0.15, 0.2) is 60.7 Å². The van der Waals surface area contributed by atoms with E-state index in [1.54, 1.807) is 0 Å². The molecule has 24 heavy (non-hydrogen) atoms. The highest BCUT2D eigenvalue weighted by atomic mass is 35.5. The first kappa shape index (κ1) is 17.4. The summed E-state index contributed by atoms with van der Waals surface area (Å²) in [7, 11) is 0. The van der Waals surface area contributed by atoms with Gasteiger partial charge in [-0.3, -0.25) is 4.90 Å². The highest BCUT2D eigenvalue weighted by Gasteiger charge is 2.32. The van der Waals surface area contributed by atoms with E-state index in [-0.39, 0.29) is 12.6 Å². The minimum atomic E-state index is 0.224. The van der Waals surface area contributed by atoms with Gasteiger partial charge in [0.1, 0.15) is 0 Å². The summed E-state index contributed by atoms with van der Waals surface area (Å²) in [5, 5.41) is 9.26. The van der Waals surface area contributed by atoms with E-state index in [4.69, 9.17) is 11.8 Å². The van der Waals surface area contributed by atoms with E-state index >= 15 is 0 Å². The highest BCUT2D eigenvalue weighted by Crippen LogP contribution is 2.33. The summed E-state index contributed by atoms with van der Waals surface area (Å²) < 4.78 is 1.88. The van der Waals surface area contributed by atoms with Crippen LogP contribution in [0.3, 0.4) is 0 Å². The SMILES string of the molecule is OCCCC1CN(Cl)CCN1C(c1ccccc1)c1ccccc1. The lowest BCUT2D eigenvalue weighted by Crippen LogP contribution is -2.51. The van der Waals surface area contributed by atoms with Crippen LogP contribution in [-0.2, 0) is 0 Å². The van der Waals surface area contributed by atoms with Gasteiger partial charge in [-0.2, -0.15) is 0 Å². The fraction of sp³-hybridized carbons (Fsp3) is 0.400. The summed E-state index contributed by atoms with van der Waals surface area (Å²) in [6, 6.07) is 21.9. The van der Waals surface area contributed by atoms with Gasteiger partial charge >= 0.3 is 0 Å². The minimum absolute atomic E-state index is 0.224. The van der Waals surface area contributed by atoms with E-state index in [1.807, 2.05) is 4.42 Å². The fourth-order valence-electron chi connectivity index (χ4n) is 3.60. The number of benzene rings is 2. The first-order chi connectivity index (χ1) is 11.8. The lowest BCUT2D eigenvalue weighted by atomic mass is 9.93. The number of aliphatic hydroxyl groups excluding tert-OH is 1. The number of piperazine rings is 1. The van der Waals surface area contributed by atoms with Crippen LogP contribution in [0.2, 0.25) is 0 Å². The van der Waals surface area contributed by atoms with Crippen molar-refractivity contribution in [1.29, 1.82) is 0 Å². The molecule has 1 fully saturated rings. The van der Waals surface area contributed by atoms with E-state index < -0.39 is 0 Å². The summed E-state index contributed by atoms with van der Waals surface area (Å²) in [5.41, 5.74) is 2.61. The summed E-state index contributed by atoms with van der Waals surface area (Å²) in [6.07, 6.45) is 1.76. The molecule has 128 valence electrons. The smallest absolute Gasteiger partial charge is 0.0605 e. The first-order valence-corrected chi connectivity index (χ1v) is 9.00. The number of nitrogens with zero attached hydrogens (tertiary/aromatic N) is 2. The molecule has 4 heteroatoms. The quantitative estimate of drug-likeness (QED) is 0.810. The lowest BCUT2D eigenvalue weighted by molar-refractivity contribution is 0.0791. The van der Waals surface area contributed by atoms with Crippen molar-refractivity contribution in [1.82, 2.24) is 9.32 Å². The second-order valence-corrected chi connectivity index (χ2v) is 6.83. The van der Waals surface area contributed by atoms with Gasteiger partial charge in [0.25, 0.3) is 0 Å². The average Bonchev–Trinajstić information content (AvgIpc) is 2.63. The lowest BCUT2D eigenvalue weighted by Gasteiger charge is -2.44. The van der Waals surface area contributed by atoms with Gasteiger partial charge in [-0.1, -0.05) is 60.7 Å². The van der Waals surface area contributed by atoms with E-state index in [1.165, 1.54) is 11.1 Å². The van der Waals surface area contributed by atoms with Crippen LogP contribution < -0.4 is 0 Å². The molecule has 2 aromatic carbocycles. The molecule has 1 N–H and O–H groups in total. The van der Waals surface area contributed by atoms with Crippen molar-refractivity contribution in [3.8, 4) is 0 Å². The van der Waals surface area contributed by atoms with Crippen LogP contribution in [0, 0.1) is 0 Å². The number of halogens is 1. The molecule has 0 radical (unpaired) electrons. The summed E-state index contributed by atoms with van der Waals surface area (Å²) >= 11 is 6.30. The molecule has 1 aliphatic heterocycles. The van der Waals surface area contributed by atoms with Crippen LogP contribution in [0.25, 0.3) is 0 Å². The zero-order valence-corrected chi connectivity index (χ0v) is 14.6. The van der Waals surface area contributed by atoms with Crippen molar-refractivity contribution < 1.29 is 5.11 Å². The standard InChI is InChI=1S/C20H25ClN2O/c21-22-13-14-23(19(16-22)12-7-15-24)20(17-8-3-1-4-9-17)18-10-5-2-6-11-18/h1-6,8-11,19-20,24H,7,12-16H2. The summed E-state index contributed by atoms with van der Waals surface area (Å²) in [5.74, 6) is 0. The van der Waals surface area contributed by atoms with Gasteiger partial charge in [0.2, 0.25) is 0 Å². The van der Waals surface area contributed by atoms with Gasteiger partial charge < -0.3 is 5.11 Å². The van der Waals surface area contributed by atoms with Crippen molar-refractivity contribution in [2.45, 2.75) is 24.9 Å². The van der Waals surface area contributed by atoms with Crippen LogP contribution >= 0.6 is 11.8 Å². The third-order valence-corrected chi connectivity index (χ3v) is 5.04. The topological polar surface area (TPSA) is 26.7 Å². The molecular weight excluding hydrogens is 320 g/mol. The van der Waals surface area contributed by atoms with Gasteiger partial charge in [-0.15, -0.1) is 0 Å². The van der Waals surface area contributed by atoms with Crippen molar-refractivity contribution in [2.75, 3.05) is 26.2 Å². The maximum absolute atomic E-state index is 9.26. The normalized spacial score (nSPS) is 19.7. The zero-order chi connectivity index (χ0) is 16.8. The van der Waals surface area contributed by atoms with Crippen molar-refractivity contribution in [3.63, 3.8) is 0 Å². The summed E-state index contributed by atoms with van der Waals surface area (Å²) in [6.45, 7) is 2.84. The Morgan fingerprint density at radius 2 is 1.54 bits per heavy atom. The predicted molar refractivity (Wildman–Crippen MR) is 99.0 cm³/mol. The molecule has 3 nitrogen and oxygen atoms in total. The minimum Gasteiger partial charge on any atom is -0.396 e. The Hall–Kier alpha value is -1.39. The van der Waals surface area contributed by atoms with E-state index in [2.05, 4.69) is 65.6 Å². The monoisotopic (exact) mass is 344 g/mol. The first-order valence-electron chi connectivity index (χ1n) is 8.67. The van der Waals surface area contributed by atoms with E-state index in [9.17, 15) is 5.11 Å². The van der Waals surface area contributed by atoms with Crippen LogP contribution in [0.4, 0.5) is 0 Å².